The summed E-state index contributed by atoms with van der Waals surface area (Å²) in [5.74, 6) is 0.915. The van der Waals surface area contributed by atoms with Gasteiger partial charge in [-0.25, -0.2) is 9.97 Å². The number of rotatable bonds is 5. The van der Waals surface area contributed by atoms with Crippen molar-refractivity contribution in [2.24, 2.45) is 5.73 Å². The molecular weight excluding hydrogens is 378 g/mol. The molecule has 7 nitrogen and oxygen atoms in total. The molecule has 0 atom stereocenters. The van der Waals surface area contributed by atoms with Gasteiger partial charge in [0.25, 0.3) is 0 Å². The third-order valence-corrected chi connectivity index (χ3v) is 5.36. The van der Waals surface area contributed by atoms with Gasteiger partial charge in [0.15, 0.2) is 5.82 Å². The minimum atomic E-state index is -0.462. The normalized spacial score (nSPS) is 13.2. The van der Waals surface area contributed by atoms with Crippen LogP contribution in [0.15, 0.2) is 54.7 Å². The second kappa shape index (κ2) is 7.61. The Morgan fingerprint density at radius 3 is 2.80 bits per heavy atom. The summed E-state index contributed by atoms with van der Waals surface area (Å²) in [5.41, 5.74) is 9.91. The van der Waals surface area contributed by atoms with Crippen LogP contribution in [-0.4, -0.2) is 27.5 Å². The van der Waals surface area contributed by atoms with Gasteiger partial charge in [0, 0.05) is 41.1 Å². The molecule has 4 N–H and O–H groups in total. The summed E-state index contributed by atoms with van der Waals surface area (Å²) in [6, 6.07) is 15.7. The molecule has 30 heavy (non-hydrogen) atoms. The molecule has 150 valence electrons. The van der Waals surface area contributed by atoms with Gasteiger partial charge in [-0.05, 0) is 11.6 Å². The number of carbonyl (C=O) groups is 1. The molecule has 7 heteroatoms. The van der Waals surface area contributed by atoms with Crippen molar-refractivity contribution >= 4 is 22.5 Å². The molecule has 1 aliphatic heterocycles. The summed E-state index contributed by atoms with van der Waals surface area (Å²) in [5, 5.41) is 5.09. The fourth-order valence-corrected chi connectivity index (χ4v) is 3.86. The Balaban J connectivity index is 1.58. The second-order valence-corrected chi connectivity index (χ2v) is 7.26. The number of nitrogens with one attached hydrogen (secondary N) is 2. The lowest BCUT2D eigenvalue weighted by Gasteiger charge is -2.20. The smallest absolute Gasteiger partial charge is 0.249 e. The number of H-pyrrole nitrogens is 1. The number of nitrogens with two attached hydrogens (primary N) is 1. The van der Waals surface area contributed by atoms with E-state index in [1.807, 2.05) is 30.3 Å². The van der Waals surface area contributed by atoms with Crippen LogP contribution in [0.4, 0.5) is 5.82 Å². The monoisotopic (exact) mass is 399 g/mol. The summed E-state index contributed by atoms with van der Waals surface area (Å²) in [4.78, 5) is 24.6. The van der Waals surface area contributed by atoms with E-state index in [0.29, 0.717) is 31.1 Å². The molecule has 3 heterocycles. The largest absolute Gasteiger partial charge is 0.375 e. The molecule has 0 aliphatic carbocycles. The lowest BCUT2D eigenvalue weighted by Crippen LogP contribution is -2.17. The summed E-state index contributed by atoms with van der Waals surface area (Å²) in [6.07, 6.45) is 2.55. The number of nitrogens with zero attached hydrogens (tertiary/aromatic N) is 2. The molecule has 0 bridgehead atoms. The van der Waals surface area contributed by atoms with Crippen LogP contribution in [0.25, 0.3) is 22.3 Å². The van der Waals surface area contributed by atoms with Crippen molar-refractivity contribution in [1.82, 2.24) is 15.0 Å². The van der Waals surface area contributed by atoms with Gasteiger partial charge in [0.1, 0.15) is 5.82 Å². The molecule has 0 saturated heterocycles. The van der Waals surface area contributed by atoms with Crippen LogP contribution >= 0.6 is 0 Å². The standard InChI is InChI=1S/C23H21N5O2/c24-21(29)16-8-4-7-15-18(16)12-25-20(15)23-27-19-13-30-10-9-17(19)22(28-23)26-11-14-5-2-1-3-6-14/h1-8,12,25H,9-11,13H2,(H2,24,29)(H,26,27,28). The molecule has 4 aromatic rings. The predicted octanol–water partition coefficient (Wildman–Crippen LogP) is 3.41. The fraction of sp³-hybridized carbons (Fsp3) is 0.174. The van der Waals surface area contributed by atoms with Crippen LogP contribution in [0.3, 0.4) is 0 Å². The van der Waals surface area contributed by atoms with E-state index < -0.39 is 5.91 Å². The first-order valence-corrected chi connectivity index (χ1v) is 9.86. The number of ether oxygens (including phenoxy) is 1. The van der Waals surface area contributed by atoms with E-state index in [-0.39, 0.29) is 0 Å². The van der Waals surface area contributed by atoms with Crippen LogP contribution in [0.2, 0.25) is 0 Å². The Bertz CT molecular complexity index is 1230. The molecule has 2 aromatic heterocycles. The average Bonchev–Trinajstić information content (AvgIpc) is 3.22. The van der Waals surface area contributed by atoms with Gasteiger partial charge < -0.3 is 20.8 Å². The maximum absolute atomic E-state index is 11.8. The molecule has 0 spiro atoms. The number of hydrogen-bond donors (Lipinski definition) is 3. The molecule has 0 saturated carbocycles. The van der Waals surface area contributed by atoms with Crippen LogP contribution in [0, 0.1) is 0 Å². The van der Waals surface area contributed by atoms with Crippen molar-refractivity contribution in [2.45, 2.75) is 19.6 Å². The van der Waals surface area contributed by atoms with Gasteiger partial charge in [0.2, 0.25) is 5.91 Å². The molecule has 0 radical (unpaired) electrons. The Morgan fingerprint density at radius 2 is 1.97 bits per heavy atom. The van der Waals surface area contributed by atoms with Crippen LogP contribution in [-0.2, 0) is 24.3 Å². The second-order valence-electron chi connectivity index (χ2n) is 7.26. The summed E-state index contributed by atoms with van der Waals surface area (Å²) >= 11 is 0. The molecule has 5 rings (SSSR count). The van der Waals surface area contributed by atoms with E-state index in [9.17, 15) is 4.79 Å². The number of amides is 1. The van der Waals surface area contributed by atoms with Crippen LogP contribution in [0.5, 0.6) is 0 Å². The van der Waals surface area contributed by atoms with E-state index in [1.54, 1.807) is 12.3 Å². The van der Waals surface area contributed by atoms with Crippen molar-refractivity contribution in [3.63, 3.8) is 0 Å². The lowest BCUT2D eigenvalue weighted by molar-refractivity contribution is 0.100. The number of benzene rings is 2. The first-order valence-electron chi connectivity index (χ1n) is 9.86. The zero-order valence-corrected chi connectivity index (χ0v) is 16.3. The predicted molar refractivity (Wildman–Crippen MR) is 115 cm³/mol. The molecular formula is C23H21N5O2. The Morgan fingerprint density at radius 1 is 1.10 bits per heavy atom. The highest BCUT2D eigenvalue weighted by Crippen LogP contribution is 2.31. The van der Waals surface area contributed by atoms with Crippen molar-refractivity contribution < 1.29 is 9.53 Å². The van der Waals surface area contributed by atoms with Gasteiger partial charge in [-0.3, -0.25) is 4.79 Å². The molecule has 2 aromatic carbocycles. The first-order chi connectivity index (χ1) is 14.7. The quantitative estimate of drug-likeness (QED) is 0.477. The van der Waals surface area contributed by atoms with E-state index in [4.69, 9.17) is 20.4 Å². The van der Waals surface area contributed by atoms with E-state index in [0.717, 1.165) is 40.0 Å². The minimum Gasteiger partial charge on any atom is -0.375 e. The third-order valence-electron chi connectivity index (χ3n) is 5.36. The highest BCUT2D eigenvalue weighted by Gasteiger charge is 2.21. The van der Waals surface area contributed by atoms with Gasteiger partial charge in [-0.1, -0.05) is 42.5 Å². The first kappa shape index (κ1) is 18.3. The summed E-state index contributed by atoms with van der Waals surface area (Å²) in [7, 11) is 0. The number of primary amides is 1. The van der Waals surface area contributed by atoms with Crippen molar-refractivity contribution in [1.29, 1.82) is 0 Å². The molecule has 0 unspecified atom stereocenters. The van der Waals surface area contributed by atoms with Crippen molar-refractivity contribution in [2.75, 3.05) is 11.9 Å². The van der Waals surface area contributed by atoms with Crippen molar-refractivity contribution in [3.05, 3.63) is 77.1 Å². The Labute approximate surface area is 173 Å². The Hall–Kier alpha value is -3.71. The molecule has 0 fully saturated rings. The maximum atomic E-state index is 11.8. The summed E-state index contributed by atoms with van der Waals surface area (Å²) in [6.45, 7) is 1.78. The number of aromatic nitrogens is 3. The van der Waals surface area contributed by atoms with Gasteiger partial charge in [-0.2, -0.15) is 0 Å². The van der Waals surface area contributed by atoms with Crippen LogP contribution in [0.1, 0.15) is 27.2 Å². The third kappa shape index (κ3) is 3.29. The van der Waals surface area contributed by atoms with E-state index >= 15 is 0 Å². The highest BCUT2D eigenvalue weighted by molar-refractivity contribution is 6.09. The van der Waals surface area contributed by atoms with Gasteiger partial charge in [-0.15, -0.1) is 0 Å². The zero-order chi connectivity index (χ0) is 20.5. The average molecular weight is 399 g/mol. The minimum absolute atomic E-state index is 0.454. The van der Waals surface area contributed by atoms with Gasteiger partial charge >= 0.3 is 0 Å². The topological polar surface area (TPSA) is 106 Å². The van der Waals surface area contributed by atoms with Gasteiger partial charge in [0.05, 0.1) is 24.6 Å². The number of fused-ring (bicyclic) bond motifs is 2. The van der Waals surface area contributed by atoms with Crippen molar-refractivity contribution in [3.8, 4) is 11.5 Å². The molecule has 1 amide bonds. The maximum Gasteiger partial charge on any atom is 0.249 e. The highest BCUT2D eigenvalue weighted by atomic mass is 16.5. The lowest BCUT2D eigenvalue weighted by atomic mass is 10.1. The van der Waals surface area contributed by atoms with Crippen LogP contribution < -0.4 is 11.1 Å². The Kier molecular flexibility index (Phi) is 4.65. The number of hydrogen-bond acceptors (Lipinski definition) is 5. The van der Waals surface area contributed by atoms with E-state index in [2.05, 4.69) is 22.4 Å². The van der Waals surface area contributed by atoms with E-state index in [1.165, 1.54) is 5.56 Å². The SMILES string of the molecule is NC(=O)c1cccc2c(-c3nc4c(c(NCc5ccccc5)n3)CCOC4)[nH]cc12. The number of aromatic amines is 1. The summed E-state index contributed by atoms with van der Waals surface area (Å²) < 4.78 is 5.63. The fourth-order valence-electron chi connectivity index (χ4n) is 3.86. The number of carbonyl (C=O) groups excluding carboxylic acids is 1. The number of anilines is 1. The molecule has 1 aliphatic rings. The zero-order valence-electron chi connectivity index (χ0n) is 16.3.